The van der Waals surface area contributed by atoms with Gasteiger partial charge >= 0.3 is 0 Å². The van der Waals surface area contributed by atoms with E-state index in [-0.39, 0.29) is 12.0 Å². The molecule has 2 aromatic rings. The summed E-state index contributed by atoms with van der Waals surface area (Å²) in [6.45, 7) is 4.06. The molecule has 1 atom stereocenters. The lowest BCUT2D eigenvalue weighted by Crippen LogP contribution is -2.40. The van der Waals surface area contributed by atoms with Crippen molar-refractivity contribution in [2.45, 2.75) is 44.9 Å². The smallest absolute Gasteiger partial charge is 0.289 e. The number of hydrogen-bond donors (Lipinski definition) is 1. The molecular weight excluding hydrogens is 316 g/mol. The monoisotopic (exact) mass is 340 g/mol. The van der Waals surface area contributed by atoms with Crippen LogP contribution in [0.5, 0.6) is 0 Å². The zero-order chi connectivity index (χ0) is 17.4. The summed E-state index contributed by atoms with van der Waals surface area (Å²) in [7, 11) is 0. The van der Waals surface area contributed by atoms with Crippen LogP contribution in [0.1, 0.15) is 41.4 Å². The summed E-state index contributed by atoms with van der Waals surface area (Å²) in [5.74, 6) is 0.375. The second kappa shape index (κ2) is 6.56. The summed E-state index contributed by atoms with van der Waals surface area (Å²) in [5, 5.41) is 9.64. The van der Waals surface area contributed by atoms with Gasteiger partial charge in [0.15, 0.2) is 5.76 Å². The van der Waals surface area contributed by atoms with Crippen LogP contribution < -0.4 is 4.90 Å². The highest BCUT2D eigenvalue weighted by molar-refractivity contribution is 5.93. The van der Waals surface area contributed by atoms with Crippen molar-refractivity contribution in [3.05, 3.63) is 53.5 Å². The first-order valence-corrected chi connectivity index (χ1v) is 9.01. The fourth-order valence-electron chi connectivity index (χ4n) is 3.91. The Morgan fingerprint density at radius 3 is 2.80 bits per heavy atom. The molecule has 2 aliphatic rings. The SMILES string of the molecule is CC1Cc2ccccc2N1Cc1ccoc1C(=O)N1CCC(O)CC1. The van der Waals surface area contributed by atoms with E-state index in [9.17, 15) is 9.90 Å². The molecule has 25 heavy (non-hydrogen) atoms. The Bertz CT molecular complexity index is 762. The van der Waals surface area contributed by atoms with Gasteiger partial charge in [0.2, 0.25) is 0 Å². The molecule has 132 valence electrons. The van der Waals surface area contributed by atoms with Crippen molar-refractivity contribution < 1.29 is 14.3 Å². The Hall–Kier alpha value is -2.27. The number of rotatable bonds is 3. The minimum Gasteiger partial charge on any atom is -0.459 e. The number of amides is 1. The molecule has 1 aromatic carbocycles. The third-order valence-electron chi connectivity index (χ3n) is 5.38. The molecule has 1 fully saturated rings. The van der Waals surface area contributed by atoms with Gasteiger partial charge in [0.25, 0.3) is 5.91 Å². The minimum atomic E-state index is -0.290. The molecule has 1 aromatic heterocycles. The van der Waals surface area contributed by atoms with E-state index in [4.69, 9.17) is 4.42 Å². The number of carbonyl (C=O) groups is 1. The number of aliphatic hydroxyl groups is 1. The van der Waals surface area contributed by atoms with Crippen molar-refractivity contribution in [2.24, 2.45) is 0 Å². The van der Waals surface area contributed by atoms with Crippen LogP contribution in [0.2, 0.25) is 0 Å². The van der Waals surface area contributed by atoms with Crippen LogP contribution in [-0.4, -0.2) is 41.1 Å². The van der Waals surface area contributed by atoms with Gasteiger partial charge in [-0.3, -0.25) is 4.79 Å². The van der Waals surface area contributed by atoms with Crippen LogP contribution in [0.3, 0.4) is 0 Å². The standard InChI is InChI=1S/C20H24N2O3/c1-14-12-15-4-2-3-5-18(15)22(14)13-16-8-11-25-19(16)20(24)21-9-6-17(23)7-10-21/h2-5,8,11,14,17,23H,6-7,9-10,12-13H2,1H3. The predicted molar refractivity (Wildman–Crippen MR) is 95.6 cm³/mol. The molecule has 0 aliphatic carbocycles. The van der Waals surface area contributed by atoms with Gasteiger partial charge < -0.3 is 19.3 Å². The molecule has 1 amide bonds. The quantitative estimate of drug-likeness (QED) is 0.933. The van der Waals surface area contributed by atoms with E-state index >= 15 is 0 Å². The summed E-state index contributed by atoms with van der Waals surface area (Å²) < 4.78 is 5.56. The van der Waals surface area contributed by atoms with Gasteiger partial charge in [-0.2, -0.15) is 0 Å². The van der Waals surface area contributed by atoms with Crippen LogP contribution in [0, 0.1) is 0 Å². The van der Waals surface area contributed by atoms with Crippen molar-refractivity contribution in [3.8, 4) is 0 Å². The first kappa shape index (κ1) is 16.2. The largest absolute Gasteiger partial charge is 0.459 e. The molecule has 4 rings (SSSR count). The Labute approximate surface area is 147 Å². The zero-order valence-corrected chi connectivity index (χ0v) is 14.5. The first-order valence-electron chi connectivity index (χ1n) is 9.01. The fourth-order valence-corrected chi connectivity index (χ4v) is 3.91. The van der Waals surface area contributed by atoms with Crippen LogP contribution >= 0.6 is 0 Å². The van der Waals surface area contributed by atoms with Crippen molar-refractivity contribution in [1.82, 2.24) is 4.90 Å². The summed E-state index contributed by atoms with van der Waals surface area (Å²) in [6.07, 6.45) is 3.62. The topological polar surface area (TPSA) is 56.9 Å². The second-order valence-electron chi connectivity index (χ2n) is 7.11. The molecule has 1 unspecified atom stereocenters. The van der Waals surface area contributed by atoms with Gasteiger partial charge in [-0.1, -0.05) is 18.2 Å². The van der Waals surface area contributed by atoms with Gasteiger partial charge in [0.05, 0.1) is 12.4 Å². The van der Waals surface area contributed by atoms with Gasteiger partial charge in [0, 0.05) is 36.9 Å². The number of nitrogens with zero attached hydrogens (tertiary/aromatic N) is 2. The average Bonchev–Trinajstić information content (AvgIpc) is 3.20. The minimum absolute atomic E-state index is 0.0629. The Kier molecular flexibility index (Phi) is 4.25. The maximum atomic E-state index is 12.8. The number of aliphatic hydroxyl groups excluding tert-OH is 1. The molecule has 1 N–H and O–H groups in total. The van der Waals surface area contributed by atoms with Gasteiger partial charge in [-0.25, -0.2) is 0 Å². The van der Waals surface area contributed by atoms with Gasteiger partial charge in [0.1, 0.15) is 0 Å². The number of carbonyl (C=O) groups excluding carboxylic acids is 1. The maximum Gasteiger partial charge on any atom is 0.289 e. The predicted octanol–water partition coefficient (Wildman–Crippen LogP) is 2.83. The Morgan fingerprint density at radius 2 is 2.00 bits per heavy atom. The van der Waals surface area contributed by atoms with Crippen LogP contribution in [-0.2, 0) is 13.0 Å². The molecule has 0 bridgehead atoms. The maximum absolute atomic E-state index is 12.8. The van der Waals surface area contributed by atoms with E-state index in [1.807, 2.05) is 6.07 Å². The molecular formula is C20H24N2O3. The van der Waals surface area contributed by atoms with Gasteiger partial charge in [-0.05, 0) is 43.9 Å². The number of furan rings is 1. The number of para-hydroxylation sites is 1. The molecule has 0 spiro atoms. The molecule has 1 saturated heterocycles. The highest BCUT2D eigenvalue weighted by Crippen LogP contribution is 2.33. The number of benzene rings is 1. The van der Waals surface area contributed by atoms with E-state index in [0.717, 1.165) is 12.0 Å². The number of anilines is 1. The van der Waals surface area contributed by atoms with Crippen LogP contribution in [0.25, 0.3) is 0 Å². The number of likely N-dealkylation sites (tertiary alicyclic amines) is 1. The Morgan fingerprint density at radius 1 is 1.24 bits per heavy atom. The normalized spacial score (nSPS) is 20.8. The lowest BCUT2D eigenvalue weighted by atomic mass is 10.1. The van der Waals surface area contributed by atoms with Crippen LogP contribution in [0.15, 0.2) is 41.0 Å². The van der Waals surface area contributed by atoms with Crippen molar-refractivity contribution in [3.63, 3.8) is 0 Å². The van der Waals surface area contributed by atoms with Crippen molar-refractivity contribution in [2.75, 3.05) is 18.0 Å². The van der Waals surface area contributed by atoms with E-state index in [1.54, 1.807) is 11.2 Å². The highest BCUT2D eigenvalue weighted by atomic mass is 16.3. The fraction of sp³-hybridized carbons (Fsp3) is 0.450. The number of hydrogen-bond acceptors (Lipinski definition) is 4. The highest BCUT2D eigenvalue weighted by Gasteiger charge is 2.30. The summed E-state index contributed by atoms with van der Waals surface area (Å²) in [5.41, 5.74) is 3.53. The average molecular weight is 340 g/mol. The summed E-state index contributed by atoms with van der Waals surface area (Å²) >= 11 is 0. The van der Waals surface area contributed by atoms with E-state index < -0.39 is 0 Å². The molecule has 5 heteroatoms. The van der Waals surface area contributed by atoms with Gasteiger partial charge in [-0.15, -0.1) is 0 Å². The molecule has 0 saturated carbocycles. The molecule has 3 heterocycles. The lowest BCUT2D eigenvalue weighted by Gasteiger charge is -2.29. The van der Waals surface area contributed by atoms with Crippen molar-refractivity contribution >= 4 is 11.6 Å². The first-order chi connectivity index (χ1) is 12.1. The molecule has 5 nitrogen and oxygen atoms in total. The summed E-state index contributed by atoms with van der Waals surface area (Å²) in [6, 6.07) is 10.8. The van der Waals surface area contributed by atoms with Crippen molar-refractivity contribution in [1.29, 1.82) is 0 Å². The van der Waals surface area contributed by atoms with Crippen LogP contribution in [0.4, 0.5) is 5.69 Å². The van der Waals surface area contributed by atoms with E-state index in [1.165, 1.54) is 11.3 Å². The molecule has 0 radical (unpaired) electrons. The molecule has 2 aliphatic heterocycles. The third kappa shape index (κ3) is 3.04. The summed E-state index contributed by atoms with van der Waals surface area (Å²) in [4.78, 5) is 17.0. The number of fused-ring (bicyclic) bond motifs is 1. The number of piperidine rings is 1. The Balaban J connectivity index is 1.53. The van der Waals surface area contributed by atoms with E-state index in [0.29, 0.717) is 44.3 Å². The zero-order valence-electron chi connectivity index (χ0n) is 14.5. The second-order valence-corrected chi connectivity index (χ2v) is 7.11. The lowest BCUT2D eigenvalue weighted by molar-refractivity contribution is 0.0518. The van der Waals surface area contributed by atoms with E-state index in [2.05, 4.69) is 36.1 Å². The third-order valence-corrected chi connectivity index (χ3v) is 5.38.